The van der Waals surface area contributed by atoms with E-state index in [1.54, 1.807) is 29.4 Å². The minimum atomic E-state index is -3.12. The fourth-order valence-corrected chi connectivity index (χ4v) is 6.29. The average molecular weight is 451 g/mol. The highest BCUT2D eigenvalue weighted by Gasteiger charge is 2.35. The molecule has 0 radical (unpaired) electrons. The predicted molar refractivity (Wildman–Crippen MR) is 113 cm³/mol. The van der Waals surface area contributed by atoms with Crippen molar-refractivity contribution in [3.05, 3.63) is 64.5 Å². The lowest BCUT2D eigenvalue weighted by atomic mass is 10.2. The van der Waals surface area contributed by atoms with Crippen LogP contribution < -0.4 is 0 Å². The van der Waals surface area contributed by atoms with Crippen molar-refractivity contribution < 1.29 is 17.6 Å². The lowest BCUT2D eigenvalue weighted by Gasteiger charge is -2.27. The topological polar surface area (TPSA) is 80.5 Å². The van der Waals surface area contributed by atoms with E-state index in [4.69, 9.17) is 16.0 Å². The largest absolute Gasteiger partial charge is 0.467 e. The lowest BCUT2D eigenvalue weighted by Crippen LogP contribution is -2.41. The van der Waals surface area contributed by atoms with E-state index < -0.39 is 9.84 Å². The summed E-state index contributed by atoms with van der Waals surface area (Å²) in [5.74, 6) is 0.547. The summed E-state index contributed by atoms with van der Waals surface area (Å²) in [7, 11) is -3.12. The molecule has 1 fully saturated rings. The van der Waals surface area contributed by atoms with Gasteiger partial charge in [0.15, 0.2) is 9.84 Å². The van der Waals surface area contributed by atoms with Gasteiger partial charge in [0.1, 0.15) is 10.8 Å². The van der Waals surface area contributed by atoms with Gasteiger partial charge in [0.05, 0.1) is 41.5 Å². The second kappa shape index (κ2) is 8.30. The van der Waals surface area contributed by atoms with Gasteiger partial charge in [-0.25, -0.2) is 13.4 Å². The molecular weight excluding hydrogens is 432 g/mol. The monoisotopic (exact) mass is 450 g/mol. The fraction of sp³-hybridized carbons (Fsp3) is 0.300. The molecular formula is C20H19ClN2O4S2. The molecule has 3 aromatic rings. The minimum absolute atomic E-state index is 0.0125. The van der Waals surface area contributed by atoms with Crippen LogP contribution in [0.15, 0.2) is 52.5 Å². The first kappa shape index (κ1) is 20.1. The third-order valence-corrected chi connectivity index (χ3v) is 7.87. The molecule has 0 aliphatic carbocycles. The van der Waals surface area contributed by atoms with Crippen LogP contribution in [-0.4, -0.2) is 41.8 Å². The number of carbonyl (C=O) groups excluding carboxylic acids is 1. The Labute approximate surface area is 178 Å². The van der Waals surface area contributed by atoms with Crippen LogP contribution in [0, 0.1) is 0 Å². The maximum absolute atomic E-state index is 13.1. The molecule has 0 bridgehead atoms. The van der Waals surface area contributed by atoms with E-state index >= 15 is 0 Å². The van der Waals surface area contributed by atoms with Gasteiger partial charge < -0.3 is 9.32 Å². The SMILES string of the molecule is O=C(Cc1csc(-c2ccccc2Cl)n1)N(Cc1ccco1)C1CCS(=O)(=O)C1. The summed E-state index contributed by atoms with van der Waals surface area (Å²) in [6.07, 6.45) is 2.08. The number of thiazole rings is 1. The summed E-state index contributed by atoms with van der Waals surface area (Å²) in [6, 6.07) is 10.6. The van der Waals surface area contributed by atoms with Gasteiger partial charge in [-0.3, -0.25) is 4.79 Å². The van der Waals surface area contributed by atoms with Crippen molar-refractivity contribution in [2.24, 2.45) is 0 Å². The highest BCUT2D eigenvalue weighted by Crippen LogP contribution is 2.30. The molecule has 1 amide bonds. The van der Waals surface area contributed by atoms with Crippen LogP contribution in [-0.2, 0) is 27.6 Å². The maximum atomic E-state index is 13.1. The molecule has 3 heterocycles. The van der Waals surface area contributed by atoms with E-state index in [9.17, 15) is 13.2 Å². The van der Waals surface area contributed by atoms with Gasteiger partial charge in [0.25, 0.3) is 0 Å². The Kier molecular flexibility index (Phi) is 5.76. The molecule has 6 nitrogen and oxygen atoms in total. The van der Waals surface area contributed by atoms with Crippen molar-refractivity contribution >= 4 is 38.7 Å². The number of benzene rings is 1. The Morgan fingerprint density at radius 1 is 1.28 bits per heavy atom. The molecule has 2 aromatic heterocycles. The maximum Gasteiger partial charge on any atom is 0.229 e. The molecule has 9 heteroatoms. The van der Waals surface area contributed by atoms with Gasteiger partial charge in [-0.15, -0.1) is 11.3 Å². The van der Waals surface area contributed by atoms with Crippen LogP contribution in [0.3, 0.4) is 0 Å². The Balaban J connectivity index is 1.53. The van der Waals surface area contributed by atoms with Crippen molar-refractivity contribution in [2.75, 3.05) is 11.5 Å². The van der Waals surface area contributed by atoms with Gasteiger partial charge in [-0.2, -0.15) is 0 Å². The molecule has 1 aliphatic heterocycles. The highest BCUT2D eigenvalue weighted by atomic mass is 35.5. The molecule has 1 aliphatic rings. The fourth-order valence-electron chi connectivity index (χ4n) is 3.42. The first-order chi connectivity index (χ1) is 13.9. The van der Waals surface area contributed by atoms with Crippen LogP contribution in [0.4, 0.5) is 0 Å². The zero-order valence-corrected chi connectivity index (χ0v) is 17.8. The Bertz CT molecular complexity index is 1110. The number of hydrogen-bond donors (Lipinski definition) is 0. The number of halogens is 1. The van der Waals surface area contributed by atoms with E-state index in [1.165, 1.54) is 11.3 Å². The normalized spacial score (nSPS) is 18.0. The summed E-state index contributed by atoms with van der Waals surface area (Å²) in [5, 5.41) is 3.20. The minimum Gasteiger partial charge on any atom is -0.467 e. The quantitative estimate of drug-likeness (QED) is 0.570. The number of furan rings is 1. The third kappa shape index (κ3) is 4.71. The second-order valence-corrected chi connectivity index (χ2v) is 10.5. The van der Waals surface area contributed by atoms with Crippen molar-refractivity contribution in [3.8, 4) is 10.6 Å². The zero-order chi connectivity index (χ0) is 20.4. The summed E-state index contributed by atoms with van der Waals surface area (Å²) < 4.78 is 29.3. The van der Waals surface area contributed by atoms with Crippen LogP contribution in [0.2, 0.25) is 5.02 Å². The van der Waals surface area contributed by atoms with E-state index in [1.807, 2.05) is 23.6 Å². The van der Waals surface area contributed by atoms with Crippen LogP contribution >= 0.6 is 22.9 Å². The van der Waals surface area contributed by atoms with Crippen molar-refractivity contribution in [1.29, 1.82) is 0 Å². The summed E-state index contributed by atoms with van der Waals surface area (Å²) >= 11 is 7.67. The van der Waals surface area contributed by atoms with Gasteiger partial charge >= 0.3 is 0 Å². The zero-order valence-electron chi connectivity index (χ0n) is 15.5. The second-order valence-electron chi connectivity index (χ2n) is 6.96. The molecule has 4 rings (SSSR count). The Hall–Kier alpha value is -2.16. The van der Waals surface area contributed by atoms with E-state index in [-0.39, 0.29) is 36.4 Å². The smallest absolute Gasteiger partial charge is 0.229 e. The number of carbonyl (C=O) groups is 1. The van der Waals surface area contributed by atoms with Crippen LogP contribution in [0.25, 0.3) is 10.6 Å². The molecule has 0 saturated carbocycles. The van der Waals surface area contributed by atoms with Crippen LogP contribution in [0.1, 0.15) is 17.9 Å². The van der Waals surface area contributed by atoms with Gasteiger partial charge in [0, 0.05) is 17.0 Å². The molecule has 1 saturated heterocycles. The average Bonchev–Trinajstić information content (AvgIpc) is 3.41. The molecule has 1 aromatic carbocycles. The molecule has 1 unspecified atom stereocenters. The van der Waals surface area contributed by atoms with Crippen molar-refractivity contribution in [3.63, 3.8) is 0 Å². The Morgan fingerprint density at radius 3 is 2.79 bits per heavy atom. The van der Waals surface area contributed by atoms with Crippen molar-refractivity contribution in [1.82, 2.24) is 9.88 Å². The number of hydrogen-bond acceptors (Lipinski definition) is 6. The van der Waals surface area contributed by atoms with Gasteiger partial charge in [-0.05, 0) is 24.6 Å². The molecule has 0 spiro atoms. The molecule has 0 N–H and O–H groups in total. The number of amides is 1. The number of nitrogens with zero attached hydrogens (tertiary/aromatic N) is 2. The number of sulfone groups is 1. The Morgan fingerprint density at radius 2 is 2.10 bits per heavy atom. The summed E-state index contributed by atoms with van der Waals surface area (Å²) in [5.41, 5.74) is 1.47. The van der Waals surface area contributed by atoms with E-state index in [0.717, 1.165) is 10.6 Å². The molecule has 152 valence electrons. The first-order valence-corrected chi connectivity index (χ1v) is 12.2. The predicted octanol–water partition coefficient (Wildman–Crippen LogP) is 3.81. The molecule has 29 heavy (non-hydrogen) atoms. The summed E-state index contributed by atoms with van der Waals surface area (Å²) in [4.78, 5) is 19.2. The first-order valence-electron chi connectivity index (χ1n) is 9.13. The summed E-state index contributed by atoms with van der Waals surface area (Å²) in [6.45, 7) is 0.244. The van der Waals surface area contributed by atoms with Gasteiger partial charge in [-0.1, -0.05) is 29.8 Å². The third-order valence-electron chi connectivity index (χ3n) is 4.86. The number of aromatic nitrogens is 1. The molecule has 1 atom stereocenters. The van der Waals surface area contributed by atoms with Gasteiger partial charge in [0.2, 0.25) is 5.91 Å². The van der Waals surface area contributed by atoms with Crippen molar-refractivity contribution in [2.45, 2.75) is 25.4 Å². The highest BCUT2D eigenvalue weighted by molar-refractivity contribution is 7.91. The van der Waals surface area contributed by atoms with E-state index in [2.05, 4.69) is 4.98 Å². The standard InChI is InChI=1S/C20H19ClN2O4S2/c21-18-6-2-1-5-17(18)20-22-14(12-28-20)10-19(24)23(11-16-4-3-8-27-16)15-7-9-29(25,26)13-15/h1-6,8,12,15H,7,9-11,13H2. The lowest BCUT2D eigenvalue weighted by molar-refractivity contribution is -0.133. The van der Waals surface area contributed by atoms with E-state index in [0.29, 0.717) is 22.9 Å². The van der Waals surface area contributed by atoms with Crippen LogP contribution in [0.5, 0.6) is 0 Å². The number of rotatable bonds is 6.